The molecule has 9 nitrogen and oxygen atoms in total. The van der Waals surface area contributed by atoms with Crippen LogP contribution >= 0.6 is 0 Å². The van der Waals surface area contributed by atoms with Gasteiger partial charge in [-0.15, -0.1) is 0 Å². The highest BCUT2D eigenvalue weighted by Gasteiger charge is 2.32. The molecule has 1 aromatic rings. The molecule has 2 amide bonds. The van der Waals surface area contributed by atoms with Crippen molar-refractivity contribution in [3.05, 3.63) is 11.7 Å². The van der Waals surface area contributed by atoms with Crippen molar-refractivity contribution < 1.29 is 19.3 Å². The molecule has 1 aromatic heterocycles. The van der Waals surface area contributed by atoms with E-state index >= 15 is 0 Å². The topological polar surface area (TPSA) is 135 Å². The van der Waals surface area contributed by atoms with Crippen molar-refractivity contribution in [3.8, 4) is 0 Å². The quantitative estimate of drug-likeness (QED) is 0.461. The maximum atomic E-state index is 12.3. The van der Waals surface area contributed by atoms with Crippen molar-refractivity contribution in [2.45, 2.75) is 69.7 Å². The summed E-state index contributed by atoms with van der Waals surface area (Å²) in [5.74, 6) is -0.0966. The van der Waals surface area contributed by atoms with Gasteiger partial charge >= 0.3 is 0 Å². The zero-order chi connectivity index (χ0) is 19.2. The van der Waals surface area contributed by atoms with Crippen LogP contribution in [0.25, 0.3) is 0 Å². The second-order valence-electron chi connectivity index (χ2n) is 7.80. The third-order valence-electron chi connectivity index (χ3n) is 5.63. The van der Waals surface area contributed by atoms with Gasteiger partial charge in [-0.05, 0) is 12.3 Å². The monoisotopic (exact) mass is 379 g/mol. The smallest absolute Gasteiger partial charge is 0.295 e. The first-order valence-corrected chi connectivity index (χ1v) is 9.88. The Labute approximate surface area is 158 Å². The molecule has 27 heavy (non-hydrogen) atoms. The molecule has 1 aliphatic heterocycles. The Kier molecular flexibility index (Phi) is 6.78. The Bertz CT molecular complexity index is 637. The minimum atomic E-state index is -0.502. The summed E-state index contributed by atoms with van der Waals surface area (Å²) in [5, 5.41) is 12.6. The van der Waals surface area contributed by atoms with Crippen LogP contribution in [0.4, 0.5) is 0 Å². The molecule has 1 saturated heterocycles. The number of amides is 2. The van der Waals surface area contributed by atoms with Gasteiger partial charge in [0.1, 0.15) is 0 Å². The van der Waals surface area contributed by atoms with Gasteiger partial charge in [0.2, 0.25) is 11.8 Å². The summed E-state index contributed by atoms with van der Waals surface area (Å²) in [6.45, 7) is 0.973. The molecule has 0 unspecified atom stereocenters. The summed E-state index contributed by atoms with van der Waals surface area (Å²) in [5.41, 5.74) is 7.36. The number of rotatable bonds is 8. The summed E-state index contributed by atoms with van der Waals surface area (Å²) in [7, 11) is 0. The third kappa shape index (κ3) is 5.26. The lowest BCUT2D eigenvalue weighted by atomic mass is 9.84. The highest BCUT2D eigenvalue weighted by atomic mass is 16.5. The second kappa shape index (κ2) is 9.27. The summed E-state index contributed by atoms with van der Waals surface area (Å²) in [4.78, 5) is 29.7. The summed E-state index contributed by atoms with van der Waals surface area (Å²) >= 11 is 0. The first kappa shape index (κ1) is 19.8. The molecule has 0 spiro atoms. The van der Waals surface area contributed by atoms with Gasteiger partial charge in [-0.3, -0.25) is 14.8 Å². The van der Waals surface area contributed by atoms with E-state index in [-0.39, 0.29) is 36.0 Å². The number of nitrogens with zero attached hydrogens (tertiary/aromatic N) is 3. The average molecular weight is 379 g/mol. The van der Waals surface area contributed by atoms with Crippen molar-refractivity contribution in [1.82, 2.24) is 20.5 Å². The lowest BCUT2D eigenvalue weighted by Crippen LogP contribution is -2.58. The van der Waals surface area contributed by atoms with Crippen LogP contribution in [-0.4, -0.2) is 51.2 Å². The maximum Gasteiger partial charge on any atom is 0.295 e. The molecule has 2 aliphatic rings. The van der Waals surface area contributed by atoms with E-state index in [0.717, 1.165) is 18.8 Å². The van der Waals surface area contributed by atoms with Crippen LogP contribution in [0.5, 0.6) is 0 Å². The van der Waals surface area contributed by atoms with Crippen LogP contribution in [0.3, 0.4) is 0 Å². The Morgan fingerprint density at radius 2 is 2.04 bits per heavy atom. The van der Waals surface area contributed by atoms with Crippen LogP contribution in [0, 0.1) is 5.92 Å². The van der Waals surface area contributed by atoms with Crippen LogP contribution < -0.4 is 11.2 Å². The lowest BCUT2D eigenvalue weighted by Gasteiger charge is -2.35. The number of aromatic nitrogens is 2. The van der Waals surface area contributed by atoms with Crippen LogP contribution in [0.2, 0.25) is 0 Å². The Morgan fingerprint density at radius 3 is 2.70 bits per heavy atom. The van der Waals surface area contributed by atoms with Gasteiger partial charge in [0, 0.05) is 31.5 Å². The summed E-state index contributed by atoms with van der Waals surface area (Å²) in [6, 6.07) is 0.00103. The molecule has 0 aromatic carbocycles. The van der Waals surface area contributed by atoms with Gasteiger partial charge in [-0.1, -0.05) is 50.1 Å². The molecule has 2 heterocycles. The number of nitrogens with one attached hydrogen (secondary N) is 1. The lowest BCUT2D eigenvalue weighted by molar-refractivity contribution is -0.129. The Morgan fingerprint density at radius 1 is 1.30 bits per heavy atom. The summed E-state index contributed by atoms with van der Waals surface area (Å²) in [6.07, 6.45) is 9.30. The van der Waals surface area contributed by atoms with Crippen LogP contribution in [0.15, 0.2) is 4.52 Å². The fraction of sp³-hybridized carbons (Fsp3) is 0.778. The number of nitrogens with two attached hydrogens (primary N) is 1. The summed E-state index contributed by atoms with van der Waals surface area (Å²) < 4.78 is 5.28. The van der Waals surface area contributed by atoms with Crippen molar-refractivity contribution in [3.63, 3.8) is 0 Å². The molecule has 1 saturated carbocycles. The number of hydrogen-bond acceptors (Lipinski definition) is 7. The van der Waals surface area contributed by atoms with E-state index in [4.69, 9.17) is 15.5 Å². The number of hydrogen-bond donors (Lipinski definition) is 3. The fourth-order valence-electron chi connectivity index (χ4n) is 4.02. The van der Waals surface area contributed by atoms with E-state index in [1.807, 2.05) is 0 Å². The third-order valence-corrected chi connectivity index (χ3v) is 5.63. The molecule has 4 N–H and O–H groups in total. The Balaban J connectivity index is 1.58. The number of carbonyl (C=O) groups excluding carboxylic acids is 2. The van der Waals surface area contributed by atoms with E-state index in [2.05, 4.69) is 10.1 Å². The van der Waals surface area contributed by atoms with Crippen molar-refractivity contribution in [1.29, 1.82) is 0 Å². The van der Waals surface area contributed by atoms with Gasteiger partial charge in [0.15, 0.2) is 0 Å². The maximum absolute atomic E-state index is 12.3. The van der Waals surface area contributed by atoms with Gasteiger partial charge in [-0.2, -0.15) is 4.98 Å². The van der Waals surface area contributed by atoms with Gasteiger partial charge in [0.05, 0.1) is 0 Å². The predicted molar refractivity (Wildman–Crippen MR) is 95.9 cm³/mol. The highest BCUT2D eigenvalue weighted by molar-refractivity contribution is 5.91. The van der Waals surface area contributed by atoms with Crippen molar-refractivity contribution >= 4 is 11.8 Å². The Hall–Kier alpha value is -2.00. The molecule has 150 valence electrons. The minimum absolute atomic E-state index is 0.00103. The molecule has 3 rings (SSSR count). The molecule has 1 aliphatic carbocycles. The van der Waals surface area contributed by atoms with Crippen LogP contribution in [0.1, 0.15) is 80.2 Å². The predicted octanol–water partition coefficient (Wildman–Crippen LogP) is 1.58. The van der Waals surface area contributed by atoms with E-state index in [0.29, 0.717) is 19.5 Å². The van der Waals surface area contributed by atoms with Crippen LogP contribution in [-0.2, 0) is 4.79 Å². The van der Waals surface area contributed by atoms with E-state index < -0.39 is 5.91 Å². The molecule has 1 atom stereocenters. The van der Waals surface area contributed by atoms with E-state index in [9.17, 15) is 9.59 Å². The van der Waals surface area contributed by atoms with E-state index in [1.54, 1.807) is 10.4 Å². The largest absolute Gasteiger partial charge is 0.338 e. The van der Waals surface area contributed by atoms with Crippen molar-refractivity contribution in [2.24, 2.45) is 11.7 Å². The van der Waals surface area contributed by atoms with E-state index in [1.165, 1.54) is 32.1 Å². The zero-order valence-electron chi connectivity index (χ0n) is 15.6. The first-order valence-electron chi connectivity index (χ1n) is 9.88. The fourth-order valence-corrected chi connectivity index (χ4v) is 4.02. The zero-order valence-corrected chi connectivity index (χ0v) is 15.6. The minimum Gasteiger partial charge on any atom is -0.338 e. The van der Waals surface area contributed by atoms with Crippen molar-refractivity contribution in [2.75, 3.05) is 13.1 Å². The molecule has 0 radical (unpaired) electrons. The standard InChI is InChI=1S/C18H29N5O4/c19-14-10-23(11-14)18(25)16-20-17(27-22-16)13(9-15(24)21-26)8-4-7-12-5-2-1-3-6-12/h12-14,26H,1-11,19H2,(H,21,24)/t13-/m1/s1. The number of likely N-dealkylation sites (tertiary alicyclic amines) is 1. The molecule has 9 heteroatoms. The molecular weight excluding hydrogens is 350 g/mol. The second-order valence-corrected chi connectivity index (χ2v) is 7.80. The van der Waals surface area contributed by atoms with Gasteiger partial charge in [0.25, 0.3) is 11.7 Å². The average Bonchev–Trinajstić information content (AvgIpc) is 3.15. The molecule has 2 fully saturated rings. The highest BCUT2D eigenvalue weighted by Crippen LogP contribution is 2.31. The molecule has 0 bridgehead atoms. The number of carbonyl (C=O) groups is 2. The SMILES string of the molecule is NC1CN(C(=O)c2noc([C@H](CCCC3CCCCC3)CC(=O)NO)n2)C1. The number of hydroxylamine groups is 1. The molecular formula is C18H29N5O4. The van der Waals surface area contributed by atoms with Gasteiger partial charge < -0.3 is 15.2 Å². The van der Waals surface area contributed by atoms with Gasteiger partial charge in [-0.25, -0.2) is 5.48 Å². The first-order chi connectivity index (χ1) is 13.1. The normalized spacial score (nSPS) is 19.6.